The first kappa shape index (κ1) is 14.8. The number of amides is 1. The fraction of sp³-hybridized carbons (Fsp3) is 0.300. The molecular formula is C10H13N3O5Si. The van der Waals surface area contributed by atoms with E-state index in [2.05, 4.69) is 4.98 Å². The van der Waals surface area contributed by atoms with Gasteiger partial charge in [0.1, 0.15) is 8.24 Å². The Hall–Kier alpha value is -2.29. The summed E-state index contributed by atoms with van der Waals surface area (Å²) in [5, 5.41) is 21.4. The molecule has 0 atom stereocenters. The average Bonchev–Trinajstić information content (AvgIpc) is 2.25. The summed E-state index contributed by atoms with van der Waals surface area (Å²) in [6.45, 7) is 5.62. The van der Waals surface area contributed by atoms with E-state index in [1.165, 1.54) is 0 Å². The number of rotatable bonds is 4. The molecule has 1 aromatic rings. The number of nitro groups is 2. The van der Waals surface area contributed by atoms with E-state index >= 15 is 0 Å². The maximum Gasteiger partial charge on any atom is 0.277 e. The van der Waals surface area contributed by atoms with Crippen molar-refractivity contribution in [3.05, 3.63) is 44.0 Å². The van der Waals surface area contributed by atoms with Crippen molar-refractivity contribution < 1.29 is 14.6 Å². The van der Waals surface area contributed by atoms with Crippen LogP contribution in [0.2, 0.25) is 19.6 Å². The van der Waals surface area contributed by atoms with E-state index in [1.807, 2.05) is 19.6 Å². The van der Waals surface area contributed by atoms with E-state index in [-0.39, 0.29) is 5.56 Å². The minimum atomic E-state index is -1.93. The van der Waals surface area contributed by atoms with E-state index in [0.717, 1.165) is 18.2 Å². The summed E-state index contributed by atoms with van der Waals surface area (Å²) in [4.78, 5) is 34.5. The Labute approximate surface area is 109 Å². The molecule has 102 valence electrons. The van der Waals surface area contributed by atoms with Gasteiger partial charge < -0.3 is 4.98 Å². The van der Waals surface area contributed by atoms with Crippen molar-refractivity contribution in [3.8, 4) is 0 Å². The van der Waals surface area contributed by atoms with Crippen LogP contribution in [-0.4, -0.2) is 24.0 Å². The van der Waals surface area contributed by atoms with Gasteiger partial charge in [-0.1, -0.05) is 19.6 Å². The van der Waals surface area contributed by atoms with Crippen LogP contribution in [0.25, 0.3) is 0 Å². The molecule has 1 rings (SSSR count). The highest BCUT2D eigenvalue weighted by atomic mass is 28.3. The Kier molecular flexibility index (Phi) is 4.00. The highest BCUT2D eigenvalue weighted by Crippen LogP contribution is 2.22. The van der Waals surface area contributed by atoms with Crippen LogP contribution >= 0.6 is 0 Å². The number of nitrogens with one attached hydrogen (secondary N) is 1. The Morgan fingerprint density at radius 2 is 1.47 bits per heavy atom. The van der Waals surface area contributed by atoms with Gasteiger partial charge in [0.05, 0.1) is 21.5 Å². The predicted octanol–water partition coefficient (Wildman–Crippen LogP) is 2.07. The van der Waals surface area contributed by atoms with E-state index in [1.54, 1.807) is 0 Å². The summed E-state index contributed by atoms with van der Waals surface area (Å²) in [7, 11) is -1.93. The zero-order chi connectivity index (χ0) is 14.8. The van der Waals surface area contributed by atoms with Gasteiger partial charge >= 0.3 is 0 Å². The molecule has 0 unspecified atom stereocenters. The van der Waals surface area contributed by atoms with Crippen molar-refractivity contribution in [2.24, 2.45) is 0 Å². The second-order valence-electron chi connectivity index (χ2n) is 4.96. The van der Waals surface area contributed by atoms with Crippen LogP contribution in [0.1, 0.15) is 10.4 Å². The molecule has 0 fully saturated rings. The summed E-state index contributed by atoms with van der Waals surface area (Å²) in [5.41, 5.74) is -1.03. The average molecular weight is 283 g/mol. The molecule has 0 aromatic heterocycles. The van der Waals surface area contributed by atoms with Gasteiger partial charge in [0.25, 0.3) is 11.4 Å². The molecule has 0 aliphatic rings. The standard InChI is InChI=1S/C10H13N3O5Si/c1-19(2,3)11-10(14)7-4-8(12(15)16)6-9(5-7)13(17)18/h4-6H,1-3H3,(H,11,14). The third kappa shape index (κ3) is 4.14. The molecule has 0 bridgehead atoms. The number of non-ortho nitro benzene ring substituents is 2. The van der Waals surface area contributed by atoms with Gasteiger partial charge in [0.2, 0.25) is 5.91 Å². The summed E-state index contributed by atoms with van der Waals surface area (Å²) in [5.74, 6) is -0.536. The lowest BCUT2D eigenvalue weighted by Crippen LogP contribution is -2.45. The largest absolute Gasteiger partial charge is 0.378 e. The zero-order valence-corrected chi connectivity index (χ0v) is 11.7. The lowest BCUT2D eigenvalue weighted by molar-refractivity contribution is -0.394. The van der Waals surface area contributed by atoms with Crippen LogP contribution in [0.15, 0.2) is 18.2 Å². The highest BCUT2D eigenvalue weighted by Gasteiger charge is 2.23. The second-order valence-corrected chi connectivity index (χ2v) is 9.71. The smallest absolute Gasteiger partial charge is 0.277 e. The van der Waals surface area contributed by atoms with Crippen molar-refractivity contribution in [2.45, 2.75) is 19.6 Å². The van der Waals surface area contributed by atoms with Crippen LogP contribution in [0.3, 0.4) is 0 Å². The molecule has 19 heavy (non-hydrogen) atoms. The molecule has 8 nitrogen and oxygen atoms in total. The molecule has 1 N–H and O–H groups in total. The molecular weight excluding hydrogens is 270 g/mol. The topological polar surface area (TPSA) is 115 Å². The Bertz CT molecular complexity index is 520. The molecule has 1 aromatic carbocycles. The summed E-state index contributed by atoms with van der Waals surface area (Å²) >= 11 is 0. The van der Waals surface area contributed by atoms with E-state index in [9.17, 15) is 25.0 Å². The Morgan fingerprint density at radius 3 is 1.79 bits per heavy atom. The van der Waals surface area contributed by atoms with Crippen molar-refractivity contribution in [1.29, 1.82) is 0 Å². The fourth-order valence-corrected chi connectivity index (χ4v) is 2.18. The maximum absolute atomic E-state index is 11.9. The lowest BCUT2D eigenvalue weighted by atomic mass is 10.1. The van der Waals surface area contributed by atoms with Gasteiger partial charge in [-0.25, -0.2) is 0 Å². The quantitative estimate of drug-likeness (QED) is 0.516. The predicted molar refractivity (Wildman–Crippen MR) is 70.6 cm³/mol. The monoisotopic (exact) mass is 283 g/mol. The van der Waals surface area contributed by atoms with Gasteiger partial charge in [-0.05, 0) is 0 Å². The van der Waals surface area contributed by atoms with Gasteiger partial charge in [-0.2, -0.15) is 0 Å². The van der Waals surface area contributed by atoms with Crippen molar-refractivity contribution >= 4 is 25.5 Å². The summed E-state index contributed by atoms with van der Waals surface area (Å²) in [6.07, 6.45) is 0. The SMILES string of the molecule is C[Si](C)(C)NC(=O)c1cc([N+](=O)[O-])cc([N+](=O)[O-])c1. The third-order valence-electron chi connectivity index (χ3n) is 2.07. The van der Waals surface area contributed by atoms with Gasteiger partial charge in [0.15, 0.2) is 0 Å². The first-order valence-corrected chi connectivity index (χ1v) is 8.86. The molecule has 0 radical (unpaired) electrons. The van der Waals surface area contributed by atoms with Crippen LogP contribution in [0, 0.1) is 20.2 Å². The number of nitro benzene ring substituents is 2. The van der Waals surface area contributed by atoms with E-state index in [4.69, 9.17) is 0 Å². The second kappa shape index (κ2) is 5.14. The normalized spacial score (nSPS) is 10.9. The van der Waals surface area contributed by atoms with Crippen molar-refractivity contribution in [1.82, 2.24) is 4.98 Å². The Balaban J connectivity index is 3.23. The first-order valence-electron chi connectivity index (χ1n) is 5.36. The molecule has 0 saturated carbocycles. The number of benzene rings is 1. The van der Waals surface area contributed by atoms with E-state index < -0.39 is 35.4 Å². The van der Waals surface area contributed by atoms with Gasteiger partial charge in [0, 0.05) is 12.1 Å². The van der Waals surface area contributed by atoms with E-state index in [0.29, 0.717) is 0 Å². The van der Waals surface area contributed by atoms with Crippen LogP contribution < -0.4 is 4.98 Å². The molecule has 0 aliphatic carbocycles. The number of carbonyl (C=O) groups is 1. The van der Waals surface area contributed by atoms with Crippen LogP contribution in [0.5, 0.6) is 0 Å². The van der Waals surface area contributed by atoms with Crippen molar-refractivity contribution in [2.75, 3.05) is 0 Å². The van der Waals surface area contributed by atoms with Gasteiger partial charge in [-0.15, -0.1) is 0 Å². The van der Waals surface area contributed by atoms with Crippen LogP contribution in [-0.2, 0) is 0 Å². The molecule has 1 amide bonds. The molecule has 0 saturated heterocycles. The highest BCUT2D eigenvalue weighted by molar-refractivity contribution is 6.76. The minimum Gasteiger partial charge on any atom is -0.378 e. The van der Waals surface area contributed by atoms with Crippen LogP contribution in [0.4, 0.5) is 11.4 Å². The molecule has 0 aliphatic heterocycles. The van der Waals surface area contributed by atoms with Gasteiger partial charge in [-0.3, -0.25) is 25.0 Å². The maximum atomic E-state index is 11.9. The first-order chi connectivity index (χ1) is 8.60. The fourth-order valence-electron chi connectivity index (χ4n) is 1.35. The van der Waals surface area contributed by atoms with Crippen molar-refractivity contribution in [3.63, 3.8) is 0 Å². The number of nitrogens with zero attached hydrogens (tertiary/aromatic N) is 2. The number of carbonyl (C=O) groups excluding carboxylic acids is 1. The third-order valence-corrected chi connectivity index (χ3v) is 3.05. The summed E-state index contributed by atoms with van der Waals surface area (Å²) < 4.78 is 0. The number of hydrogen-bond donors (Lipinski definition) is 1. The summed E-state index contributed by atoms with van der Waals surface area (Å²) in [6, 6.07) is 2.89. The number of hydrogen-bond acceptors (Lipinski definition) is 5. The lowest BCUT2D eigenvalue weighted by Gasteiger charge is -2.17. The minimum absolute atomic E-state index is 0.0803. The zero-order valence-electron chi connectivity index (χ0n) is 10.7. The molecule has 9 heteroatoms. The molecule has 0 heterocycles. The molecule has 0 spiro atoms. The Morgan fingerprint density at radius 1 is 1.05 bits per heavy atom.